The molecule has 26 heavy (non-hydrogen) atoms. The Morgan fingerprint density at radius 3 is 2.42 bits per heavy atom. The molecule has 0 saturated carbocycles. The Morgan fingerprint density at radius 1 is 1.19 bits per heavy atom. The van der Waals surface area contributed by atoms with Crippen LogP contribution < -0.4 is 5.32 Å². The summed E-state index contributed by atoms with van der Waals surface area (Å²) in [5.74, 6) is -0.358. The number of nitrogens with one attached hydrogen (secondary N) is 1. The van der Waals surface area contributed by atoms with Gasteiger partial charge in [-0.15, -0.1) is 0 Å². The van der Waals surface area contributed by atoms with Gasteiger partial charge >= 0.3 is 0 Å². The molecule has 0 spiro atoms. The van der Waals surface area contributed by atoms with Crippen LogP contribution in [0.5, 0.6) is 0 Å². The van der Waals surface area contributed by atoms with Crippen LogP contribution in [-0.4, -0.2) is 47.9 Å². The van der Waals surface area contributed by atoms with Gasteiger partial charge in [0.25, 0.3) is 5.91 Å². The van der Waals surface area contributed by atoms with Crippen LogP contribution in [0, 0.1) is 0 Å². The van der Waals surface area contributed by atoms with Crippen molar-refractivity contribution in [2.75, 3.05) is 19.6 Å². The molecule has 2 aromatic rings. The number of sulfonamides is 1. The predicted molar refractivity (Wildman–Crippen MR) is 97.1 cm³/mol. The molecule has 3 rings (SSSR count). The second-order valence-electron chi connectivity index (χ2n) is 6.41. The highest BCUT2D eigenvalue weighted by molar-refractivity contribution is 7.89. The maximum absolute atomic E-state index is 12.5. The fourth-order valence-electron chi connectivity index (χ4n) is 3.07. The van der Waals surface area contributed by atoms with E-state index in [2.05, 4.69) is 5.32 Å². The van der Waals surface area contributed by atoms with E-state index < -0.39 is 16.1 Å². The summed E-state index contributed by atoms with van der Waals surface area (Å²) in [5, 5.41) is 12.8. The van der Waals surface area contributed by atoms with E-state index in [0.717, 1.165) is 12.8 Å². The highest BCUT2D eigenvalue weighted by Gasteiger charge is 2.27. The van der Waals surface area contributed by atoms with Gasteiger partial charge in [0, 0.05) is 44.1 Å². The molecule has 1 atom stereocenters. The van der Waals surface area contributed by atoms with Crippen LogP contribution in [0.25, 0.3) is 0 Å². The number of hydrogen-bond donors (Lipinski definition) is 2. The van der Waals surface area contributed by atoms with Gasteiger partial charge in [0.15, 0.2) is 0 Å². The van der Waals surface area contributed by atoms with E-state index in [-0.39, 0.29) is 17.3 Å². The molecule has 7 nitrogen and oxygen atoms in total. The number of carbonyl (C=O) groups excluding carboxylic acids is 1. The van der Waals surface area contributed by atoms with Crippen molar-refractivity contribution in [3.8, 4) is 0 Å². The molecule has 2 heterocycles. The van der Waals surface area contributed by atoms with E-state index in [1.54, 1.807) is 10.6 Å². The fourth-order valence-corrected chi connectivity index (χ4v) is 4.59. The first-order valence-electron chi connectivity index (χ1n) is 8.57. The third-order valence-corrected chi connectivity index (χ3v) is 6.51. The first kappa shape index (κ1) is 18.6. The average Bonchev–Trinajstić information content (AvgIpc) is 3.31. The molecule has 0 radical (unpaired) electrons. The molecule has 1 aliphatic heterocycles. The Hall–Kier alpha value is -2.16. The summed E-state index contributed by atoms with van der Waals surface area (Å²) in [4.78, 5) is 12.4. The number of aromatic nitrogens is 1. The lowest BCUT2D eigenvalue weighted by Crippen LogP contribution is -2.29. The predicted octanol–water partition coefficient (Wildman–Crippen LogP) is 1.27. The van der Waals surface area contributed by atoms with Gasteiger partial charge in [-0.05, 0) is 49.2 Å². The van der Waals surface area contributed by atoms with E-state index in [1.807, 2.05) is 19.3 Å². The topological polar surface area (TPSA) is 91.6 Å². The van der Waals surface area contributed by atoms with Crippen molar-refractivity contribution in [3.05, 3.63) is 53.9 Å². The number of hydrogen-bond acceptors (Lipinski definition) is 4. The minimum absolute atomic E-state index is 0.0739. The van der Waals surface area contributed by atoms with Gasteiger partial charge in [-0.2, -0.15) is 4.31 Å². The summed E-state index contributed by atoms with van der Waals surface area (Å²) in [6.07, 6.45) is 2.76. The number of aliphatic hydroxyl groups excluding tert-OH is 1. The van der Waals surface area contributed by atoms with Gasteiger partial charge in [0.2, 0.25) is 10.0 Å². The number of nitrogens with zero attached hydrogens (tertiary/aromatic N) is 2. The lowest BCUT2D eigenvalue weighted by Gasteiger charge is -2.16. The van der Waals surface area contributed by atoms with Gasteiger partial charge < -0.3 is 15.0 Å². The number of aryl methyl sites for hydroxylation is 1. The van der Waals surface area contributed by atoms with Crippen LogP contribution in [0.1, 0.15) is 35.0 Å². The molecule has 1 fully saturated rings. The van der Waals surface area contributed by atoms with E-state index in [1.165, 1.54) is 28.6 Å². The normalized spacial score (nSPS) is 16.5. The van der Waals surface area contributed by atoms with Crippen LogP contribution in [-0.2, 0) is 17.1 Å². The van der Waals surface area contributed by atoms with Gasteiger partial charge in [-0.3, -0.25) is 4.79 Å². The smallest absolute Gasteiger partial charge is 0.251 e. The SMILES string of the molecule is Cn1cccc1C(O)CNC(=O)c1ccc(S(=O)(=O)N2CCCC2)cc1. The summed E-state index contributed by atoms with van der Waals surface area (Å²) in [7, 11) is -1.66. The van der Waals surface area contributed by atoms with Crippen molar-refractivity contribution in [1.29, 1.82) is 0 Å². The number of carbonyl (C=O) groups is 1. The first-order valence-corrected chi connectivity index (χ1v) is 10.0. The molecule has 1 unspecified atom stereocenters. The third kappa shape index (κ3) is 3.82. The third-order valence-electron chi connectivity index (χ3n) is 4.60. The van der Waals surface area contributed by atoms with Gasteiger partial charge in [-0.1, -0.05) is 0 Å². The molecular formula is C18H23N3O4S. The Morgan fingerprint density at radius 2 is 1.85 bits per heavy atom. The van der Waals surface area contributed by atoms with Gasteiger partial charge in [-0.25, -0.2) is 8.42 Å². The lowest BCUT2D eigenvalue weighted by atomic mass is 10.2. The zero-order valence-electron chi connectivity index (χ0n) is 14.6. The molecule has 1 aromatic carbocycles. The van der Waals surface area contributed by atoms with E-state index >= 15 is 0 Å². The van der Waals surface area contributed by atoms with Crippen molar-refractivity contribution in [3.63, 3.8) is 0 Å². The molecule has 8 heteroatoms. The van der Waals surface area contributed by atoms with Crippen LogP contribution in [0.2, 0.25) is 0 Å². The minimum Gasteiger partial charge on any atom is -0.385 e. The maximum atomic E-state index is 12.5. The van der Waals surface area contributed by atoms with Crippen molar-refractivity contribution < 1.29 is 18.3 Å². The van der Waals surface area contributed by atoms with E-state index in [4.69, 9.17) is 0 Å². The summed E-state index contributed by atoms with van der Waals surface area (Å²) >= 11 is 0. The van der Waals surface area contributed by atoms with Crippen LogP contribution in [0.4, 0.5) is 0 Å². The zero-order valence-corrected chi connectivity index (χ0v) is 15.4. The number of benzene rings is 1. The molecule has 1 aromatic heterocycles. The second kappa shape index (κ2) is 7.61. The first-order chi connectivity index (χ1) is 12.4. The summed E-state index contributed by atoms with van der Waals surface area (Å²) < 4.78 is 28.2. The van der Waals surface area contributed by atoms with E-state index in [9.17, 15) is 18.3 Å². The van der Waals surface area contributed by atoms with Crippen LogP contribution in [0.3, 0.4) is 0 Å². The monoisotopic (exact) mass is 377 g/mol. The van der Waals surface area contributed by atoms with Crippen molar-refractivity contribution in [2.24, 2.45) is 7.05 Å². The fraction of sp³-hybridized carbons (Fsp3) is 0.389. The van der Waals surface area contributed by atoms with Crippen LogP contribution in [0.15, 0.2) is 47.5 Å². The number of rotatable bonds is 6. The molecule has 2 N–H and O–H groups in total. The average molecular weight is 377 g/mol. The van der Waals surface area contributed by atoms with E-state index in [0.29, 0.717) is 24.3 Å². The Bertz CT molecular complexity index is 868. The molecule has 0 aliphatic carbocycles. The van der Waals surface area contributed by atoms with Crippen molar-refractivity contribution in [1.82, 2.24) is 14.2 Å². The molecule has 0 bridgehead atoms. The summed E-state index contributed by atoms with van der Waals surface area (Å²) in [6, 6.07) is 9.50. The van der Waals surface area contributed by atoms with Crippen molar-refractivity contribution in [2.45, 2.75) is 23.8 Å². The number of aliphatic hydroxyl groups is 1. The quantitative estimate of drug-likeness (QED) is 0.793. The zero-order chi connectivity index (χ0) is 18.7. The van der Waals surface area contributed by atoms with Crippen LogP contribution >= 0.6 is 0 Å². The van der Waals surface area contributed by atoms with Gasteiger partial charge in [0.05, 0.1) is 4.90 Å². The molecule has 140 valence electrons. The summed E-state index contributed by atoms with van der Waals surface area (Å²) in [5.41, 5.74) is 1.06. The number of amides is 1. The largest absolute Gasteiger partial charge is 0.385 e. The van der Waals surface area contributed by atoms with Gasteiger partial charge in [0.1, 0.15) is 6.10 Å². The molecule has 1 aliphatic rings. The summed E-state index contributed by atoms with van der Waals surface area (Å²) in [6.45, 7) is 1.16. The standard InChI is InChI=1S/C18H23N3O4S/c1-20-10-4-5-16(20)17(22)13-19-18(23)14-6-8-15(9-7-14)26(24,25)21-11-2-3-12-21/h4-10,17,22H,2-3,11-13H2,1H3,(H,19,23). The minimum atomic E-state index is -3.48. The maximum Gasteiger partial charge on any atom is 0.251 e. The molecular weight excluding hydrogens is 354 g/mol. The Labute approximate surface area is 153 Å². The Kier molecular flexibility index (Phi) is 5.45. The van der Waals surface area contributed by atoms with Crippen molar-refractivity contribution >= 4 is 15.9 Å². The molecule has 1 saturated heterocycles. The second-order valence-corrected chi connectivity index (χ2v) is 8.34. The molecule has 1 amide bonds. The lowest BCUT2D eigenvalue weighted by molar-refractivity contribution is 0.0912. The highest BCUT2D eigenvalue weighted by Crippen LogP contribution is 2.21. The highest BCUT2D eigenvalue weighted by atomic mass is 32.2. The Balaban J connectivity index is 1.63.